The van der Waals surface area contributed by atoms with E-state index in [2.05, 4.69) is 0 Å². The molecule has 0 spiro atoms. The highest BCUT2D eigenvalue weighted by atomic mass is 35.5. The van der Waals surface area contributed by atoms with Crippen LogP contribution < -0.4 is 5.73 Å². The summed E-state index contributed by atoms with van der Waals surface area (Å²) >= 11 is 0. The Balaban J connectivity index is 0.00000312. The zero-order chi connectivity index (χ0) is 17.6. The van der Waals surface area contributed by atoms with E-state index in [9.17, 15) is 18.0 Å². The quantitative estimate of drug-likeness (QED) is 0.829. The van der Waals surface area contributed by atoms with E-state index in [1.807, 2.05) is 30.3 Å². The fourth-order valence-corrected chi connectivity index (χ4v) is 2.32. The fourth-order valence-electron chi connectivity index (χ4n) is 2.32. The molecule has 0 heterocycles. The van der Waals surface area contributed by atoms with Crippen molar-refractivity contribution in [2.45, 2.75) is 19.1 Å². The Labute approximate surface area is 151 Å². The fraction of sp³-hybridized carbons (Fsp3) is 0.278. The molecule has 0 atom stereocenters. The highest BCUT2D eigenvalue weighted by Crippen LogP contribution is 2.29. The second-order valence-electron chi connectivity index (χ2n) is 5.43. The molecule has 0 aromatic heterocycles. The summed E-state index contributed by atoms with van der Waals surface area (Å²) in [7, 11) is 0. The summed E-state index contributed by atoms with van der Waals surface area (Å²) < 4.78 is 37.9. The summed E-state index contributed by atoms with van der Waals surface area (Å²) in [5, 5.41) is 0. The van der Waals surface area contributed by atoms with Crippen molar-refractivity contribution in [3.05, 3.63) is 71.3 Å². The van der Waals surface area contributed by atoms with Gasteiger partial charge in [0, 0.05) is 18.7 Å². The summed E-state index contributed by atoms with van der Waals surface area (Å²) in [6.45, 7) is 1.28. The number of nitrogens with zero attached hydrogens (tertiary/aromatic N) is 1. The van der Waals surface area contributed by atoms with Crippen molar-refractivity contribution < 1.29 is 18.0 Å². The van der Waals surface area contributed by atoms with Crippen molar-refractivity contribution in [3.8, 4) is 0 Å². The molecule has 0 radical (unpaired) electrons. The van der Waals surface area contributed by atoms with Crippen LogP contribution in [0.1, 0.15) is 27.9 Å². The topological polar surface area (TPSA) is 46.3 Å². The maximum absolute atomic E-state index is 12.6. The van der Waals surface area contributed by atoms with E-state index in [-0.39, 0.29) is 23.9 Å². The molecule has 0 aliphatic heterocycles. The largest absolute Gasteiger partial charge is 0.416 e. The first kappa shape index (κ1) is 21.0. The van der Waals surface area contributed by atoms with Crippen LogP contribution in [0, 0.1) is 0 Å². The predicted octanol–water partition coefficient (Wildman–Crippen LogP) is 4.12. The number of nitrogens with two attached hydrogens (primary N) is 1. The highest BCUT2D eigenvalue weighted by molar-refractivity contribution is 5.94. The Morgan fingerprint density at radius 1 is 1.00 bits per heavy atom. The average Bonchev–Trinajstić information content (AvgIpc) is 2.58. The van der Waals surface area contributed by atoms with E-state index in [0.29, 0.717) is 26.1 Å². The van der Waals surface area contributed by atoms with Crippen LogP contribution >= 0.6 is 12.4 Å². The van der Waals surface area contributed by atoms with Crippen LogP contribution in [0.2, 0.25) is 0 Å². The van der Waals surface area contributed by atoms with Crippen molar-refractivity contribution in [3.63, 3.8) is 0 Å². The SMILES string of the molecule is Cl.NCCCN(Cc1ccccc1)C(=O)c1ccc(C(F)(F)F)cc1. The van der Waals surface area contributed by atoms with Gasteiger partial charge in [0.25, 0.3) is 5.91 Å². The molecule has 7 heteroatoms. The van der Waals surface area contributed by atoms with Crippen LogP contribution in [0.4, 0.5) is 13.2 Å². The number of hydrogen-bond acceptors (Lipinski definition) is 2. The molecule has 2 rings (SSSR count). The van der Waals surface area contributed by atoms with E-state index < -0.39 is 11.7 Å². The molecule has 2 aromatic rings. The molecule has 25 heavy (non-hydrogen) atoms. The Hall–Kier alpha value is -2.05. The molecule has 2 N–H and O–H groups in total. The highest BCUT2D eigenvalue weighted by Gasteiger charge is 2.30. The standard InChI is InChI=1S/C18H19F3N2O.ClH/c19-18(20,21)16-9-7-15(8-10-16)17(24)23(12-4-11-22)13-14-5-2-1-3-6-14;/h1-3,5-10H,4,11-13,22H2;1H. The van der Waals surface area contributed by atoms with Crippen molar-refractivity contribution in [1.29, 1.82) is 0 Å². The lowest BCUT2D eigenvalue weighted by Gasteiger charge is -2.23. The zero-order valence-electron chi connectivity index (χ0n) is 13.5. The van der Waals surface area contributed by atoms with Gasteiger partial charge >= 0.3 is 6.18 Å². The summed E-state index contributed by atoms with van der Waals surface area (Å²) in [4.78, 5) is 14.2. The Morgan fingerprint density at radius 2 is 1.60 bits per heavy atom. The maximum atomic E-state index is 12.6. The van der Waals surface area contributed by atoms with Crippen molar-refractivity contribution in [2.24, 2.45) is 5.73 Å². The molecule has 136 valence electrons. The van der Waals surface area contributed by atoms with Gasteiger partial charge in [0.05, 0.1) is 5.56 Å². The number of carbonyl (C=O) groups is 1. The first-order valence-electron chi connectivity index (χ1n) is 7.62. The number of hydrogen-bond donors (Lipinski definition) is 1. The molecule has 0 aliphatic carbocycles. The van der Waals surface area contributed by atoms with Gasteiger partial charge in [0.2, 0.25) is 0 Å². The first-order valence-corrected chi connectivity index (χ1v) is 7.62. The molecule has 0 saturated heterocycles. The van der Waals surface area contributed by atoms with E-state index in [4.69, 9.17) is 5.73 Å². The number of amides is 1. The van der Waals surface area contributed by atoms with Gasteiger partial charge in [0.1, 0.15) is 0 Å². The second kappa shape index (κ2) is 9.44. The van der Waals surface area contributed by atoms with Gasteiger partial charge in [-0.1, -0.05) is 30.3 Å². The minimum atomic E-state index is -4.41. The number of alkyl halides is 3. The summed E-state index contributed by atoms with van der Waals surface area (Å²) in [6.07, 6.45) is -3.79. The summed E-state index contributed by atoms with van der Waals surface area (Å²) in [6, 6.07) is 13.7. The van der Waals surface area contributed by atoms with Gasteiger partial charge in [-0.3, -0.25) is 4.79 Å². The number of halogens is 4. The molecule has 0 aliphatic rings. The minimum Gasteiger partial charge on any atom is -0.334 e. The molecular weight excluding hydrogens is 353 g/mol. The Bertz CT molecular complexity index is 660. The molecule has 3 nitrogen and oxygen atoms in total. The predicted molar refractivity (Wildman–Crippen MR) is 93.5 cm³/mol. The van der Waals surface area contributed by atoms with Crippen LogP contribution in [-0.4, -0.2) is 23.9 Å². The van der Waals surface area contributed by atoms with Gasteiger partial charge in [-0.25, -0.2) is 0 Å². The normalized spacial score (nSPS) is 10.9. The number of benzene rings is 2. The van der Waals surface area contributed by atoms with Gasteiger partial charge in [-0.15, -0.1) is 12.4 Å². The lowest BCUT2D eigenvalue weighted by Crippen LogP contribution is -2.32. The Morgan fingerprint density at radius 3 is 2.12 bits per heavy atom. The molecule has 0 unspecified atom stereocenters. The van der Waals surface area contributed by atoms with Crippen LogP contribution in [-0.2, 0) is 12.7 Å². The van der Waals surface area contributed by atoms with Gasteiger partial charge in [-0.05, 0) is 42.8 Å². The van der Waals surface area contributed by atoms with E-state index >= 15 is 0 Å². The van der Waals surface area contributed by atoms with Crippen LogP contribution in [0.15, 0.2) is 54.6 Å². The molecule has 0 saturated carbocycles. The maximum Gasteiger partial charge on any atom is 0.416 e. The van der Waals surface area contributed by atoms with E-state index in [0.717, 1.165) is 17.7 Å². The van der Waals surface area contributed by atoms with Crippen LogP contribution in [0.5, 0.6) is 0 Å². The number of rotatable bonds is 6. The summed E-state index contributed by atoms with van der Waals surface area (Å²) in [5.41, 5.74) is 5.93. The van der Waals surface area contributed by atoms with Gasteiger partial charge < -0.3 is 10.6 Å². The smallest absolute Gasteiger partial charge is 0.334 e. The van der Waals surface area contributed by atoms with Crippen LogP contribution in [0.25, 0.3) is 0 Å². The zero-order valence-corrected chi connectivity index (χ0v) is 14.3. The third-order valence-corrected chi connectivity index (χ3v) is 3.59. The lowest BCUT2D eigenvalue weighted by molar-refractivity contribution is -0.137. The van der Waals surface area contributed by atoms with Crippen molar-refractivity contribution >= 4 is 18.3 Å². The third kappa shape index (κ3) is 6.07. The monoisotopic (exact) mass is 372 g/mol. The van der Waals surface area contributed by atoms with E-state index in [1.54, 1.807) is 4.90 Å². The Kier molecular flexibility index (Phi) is 7.93. The average molecular weight is 373 g/mol. The minimum absolute atomic E-state index is 0. The van der Waals surface area contributed by atoms with Crippen molar-refractivity contribution in [1.82, 2.24) is 4.90 Å². The molecule has 2 aromatic carbocycles. The number of carbonyl (C=O) groups excluding carboxylic acids is 1. The molecule has 1 amide bonds. The van der Waals surface area contributed by atoms with Gasteiger partial charge in [0.15, 0.2) is 0 Å². The van der Waals surface area contributed by atoms with Crippen LogP contribution in [0.3, 0.4) is 0 Å². The van der Waals surface area contributed by atoms with E-state index in [1.165, 1.54) is 12.1 Å². The van der Waals surface area contributed by atoms with Gasteiger partial charge in [-0.2, -0.15) is 13.2 Å². The molecule has 0 fully saturated rings. The third-order valence-electron chi connectivity index (χ3n) is 3.59. The molecular formula is C18H20ClF3N2O. The van der Waals surface area contributed by atoms with Crippen molar-refractivity contribution in [2.75, 3.05) is 13.1 Å². The molecule has 0 bridgehead atoms. The lowest BCUT2D eigenvalue weighted by atomic mass is 10.1. The second-order valence-corrected chi connectivity index (χ2v) is 5.43. The first-order chi connectivity index (χ1) is 11.4. The summed E-state index contributed by atoms with van der Waals surface area (Å²) in [5.74, 6) is -0.305.